The van der Waals surface area contributed by atoms with Crippen molar-refractivity contribution in [3.05, 3.63) is 75.6 Å². The highest BCUT2D eigenvalue weighted by Gasteiger charge is 2.30. The van der Waals surface area contributed by atoms with Gasteiger partial charge in [0.05, 0.1) is 31.1 Å². The average molecular weight is 414 g/mol. The van der Waals surface area contributed by atoms with Gasteiger partial charge < -0.3 is 9.32 Å². The smallest absolute Gasteiger partial charge is 0.336 e. The van der Waals surface area contributed by atoms with Crippen LogP contribution < -0.4 is 10.5 Å². The Morgan fingerprint density at radius 1 is 1.03 bits per heavy atom. The van der Waals surface area contributed by atoms with Gasteiger partial charge in [0, 0.05) is 17.0 Å². The second kappa shape index (κ2) is 7.74. The molecular weight excluding hydrogens is 388 g/mol. The molecule has 1 aliphatic heterocycles. The standard InChI is InChI=1S/C22H24N2O4S/c1-16-8-9-20-18(14-21(25)28-22(20)17(16)2)15-23-10-12-24(13-11-23)29(26,27)19-6-4-3-5-7-19/h3-9,14H,10-13,15H2,1-2H3/p+1. The van der Waals surface area contributed by atoms with Crippen molar-refractivity contribution in [2.24, 2.45) is 0 Å². The molecule has 0 unspecified atom stereocenters. The van der Waals surface area contributed by atoms with E-state index in [1.165, 1.54) is 4.90 Å². The molecule has 2 aromatic carbocycles. The molecule has 7 heteroatoms. The zero-order chi connectivity index (χ0) is 20.6. The molecule has 3 aromatic rings. The molecule has 1 fully saturated rings. The Kier molecular flexibility index (Phi) is 5.29. The lowest BCUT2D eigenvalue weighted by atomic mass is 10.0. The van der Waals surface area contributed by atoms with Gasteiger partial charge >= 0.3 is 5.63 Å². The molecule has 0 bridgehead atoms. The van der Waals surface area contributed by atoms with Crippen molar-refractivity contribution in [1.82, 2.24) is 4.31 Å². The number of nitrogens with zero attached hydrogens (tertiary/aromatic N) is 1. The van der Waals surface area contributed by atoms with Gasteiger partial charge in [0.1, 0.15) is 12.1 Å². The summed E-state index contributed by atoms with van der Waals surface area (Å²) in [5.41, 5.74) is 3.33. The normalized spacial score (nSPS) is 16.3. The topological polar surface area (TPSA) is 72.0 Å². The second-order valence-corrected chi connectivity index (χ2v) is 9.56. The lowest BCUT2D eigenvalue weighted by molar-refractivity contribution is -0.917. The van der Waals surface area contributed by atoms with Crippen LogP contribution >= 0.6 is 0 Å². The predicted molar refractivity (Wildman–Crippen MR) is 112 cm³/mol. The minimum absolute atomic E-state index is 0.334. The molecule has 152 valence electrons. The number of quaternary nitrogens is 1. The molecule has 1 saturated heterocycles. The van der Waals surface area contributed by atoms with Gasteiger partial charge in [0.2, 0.25) is 10.0 Å². The van der Waals surface area contributed by atoms with Gasteiger partial charge in [-0.3, -0.25) is 0 Å². The van der Waals surface area contributed by atoms with E-state index < -0.39 is 10.0 Å². The second-order valence-electron chi connectivity index (χ2n) is 7.62. The Morgan fingerprint density at radius 2 is 1.72 bits per heavy atom. The van der Waals surface area contributed by atoms with E-state index in [1.807, 2.05) is 32.0 Å². The largest absolute Gasteiger partial charge is 0.422 e. The molecule has 1 aliphatic rings. The average Bonchev–Trinajstić information content (AvgIpc) is 2.72. The summed E-state index contributed by atoms with van der Waals surface area (Å²) in [5.74, 6) is 0. The fraction of sp³-hybridized carbons (Fsp3) is 0.318. The number of aryl methyl sites for hydroxylation is 2. The first-order valence-corrected chi connectivity index (χ1v) is 11.2. The van der Waals surface area contributed by atoms with Gasteiger partial charge in [0.25, 0.3) is 0 Å². The molecule has 0 spiro atoms. The van der Waals surface area contributed by atoms with E-state index in [0.29, 0.717) is 43.2 Å². The van der Waals surface area contributed by atoms with Crippen LogP contribution in [0.5, 0.6) is 0 Å². The summed E-state index contributed by atoms with van der Waals surface area (Å²) in [6.07, 6.45) is 0. The first-order valence-electron chi connectivity index (χ1n) is 9.78. The third-order valence-electron chi connectivity index (χ3n) is 5.77. The van der Waals surface area contributed by atoms with Gasteiger partial charge in [-0.15, -0.1) is 0 Å². The highest BCUT2D eigenvalue weighted by atomic mass is 32.2. The molecule has 0 atom stereocenters. The van der Waals surface area contributed by atoms with Crippen molar-refractivity contribution in [2.75, 3.05) is 26.2 Å². The number of hydrogen-bond acceptors (Lipinski definition) is 4. The van der Waals surface area contributed by atoms with Crippen LogP contribution in [0.15, 0.2) is 62.6 Å². The van der Waals surface area contributed by atoms with E-state index in [4.69, 9.17) is 4.42 Å². The van der Waals surface area contributed by atoms with E-state index in [9.17, 15) is 13.2 Å². The van der Waals surface area contributed by atoms with Gasteiger partial charge in [0.15, 0.2) is 0 Å². The van der Waals surface area contributed by atoms with Gasteiger partial charge in [-0.25, -0.2) is 13.2 Å². The summed E-state index contributed by atoms with van der Waals surface area (Å²) in [4.78, 5) is 13.7. The van der Waals surface area contributed by atoms with Crippen molar-refractivity contribution in [3.8, 4) is 0 Å². The van der Waals surface area contributed by atoms with Gasteiger partial charge in [-0.2, -0.15) is 4.31 Å². The van der Waals surface area contributed by atoms with Crippen LogP contribution in [0.2, 0.25) is 0 Å². The van der Waals surface area contributed by atoms with Crippen LogP contribution in [-0.4, -0.2) is 38.9 Å². The van der Waals surface area contributed by atoms with E-state index in [1.54, 1.807) is 34.6 Å². The van der Waals surface area contributed by atoms with Gasteiger partial charge in [-0.05, 0) is 37.1 Å². The number of benzene rings is 2. The van der Waals surface area contributed by atoms with Crippen LogP contribution in [0.3, 0.4) is 0 Å². The van der Waals surface area contributed by atoms with Crippen LogP contribution in [0.4, 0.5) is 0 Å². The molecule has 0 aliphatic carbocycles. The highest BCUT2D eigenvalue weighted by Crippen LogP contribution is 2.23. The van der Waals surface area contributed by atoms with E-state index in [-0.39, 0.29) is 5.63 Å². The third-order valence-corrected chi connectivity index (χ3v) is 7.68. The number of fused-ring (bicyclic) bond motifs is 1. The molecule has 4 rings (SSSR count). The van der Waals surface area contributed by atoms with Crippen LogP contribution in [0.1, 0.15) is 16.7 Å². The van der Waals surface area contributed by atoms with Crippen molar-refractivity contribution in [3.63, 3.8) is 0 Å². The lowest BCUT2D eigenvalue weighted by Crippen LogP contribution is -3.13. The maximum Gasteiger partial charge on any atom is 0.336 e. The summed E-state index contributed by atoms with van der Waals surface area (Å²) in [5, 5.41) is 0.958. The zero-order valence-corrected chi connectivity index (χ0v) is 17.5. The fourth-order valence-electron chi connectivity index (χ4n) is 3.90. The summed E-state index contributed by atoms with van der Waals surface area (Å²) in [6, 6.07) is 14.2. The summed E-state index contributed by atoms with van der Waals surface area (Å²) in [6.45, 7) is 6.94. The van der Waals surface area contributed by atoms with Crippen molar-refractivity contribution in [2.45, 2.75) is 25.3 Å². The number of sulfonamides is 1. The van der Waals surface area contributed by atoms with Gasteiger partial charge in [-0.1, -0.05) is 30.3 Å². The van der Waals surface area contributed by atoms with E-state index >= 15 is 0 Å². The van der Waals surface area contributed by atoms with Crippen LogP contribution in [0.25, 0.3) is 11.0 Å². The molecule has 29 heavy (non-hydrogen) atoms. The minimum Gasteiger partial charge on any atom is -0.422 e. The monoisotopic (exact) mass is 413 g/mol. The Balaban J connectivity index is 1.52. The first-order chi connectivity index (χ1) is 13.9. The quantitative estimate of drug-likeness (QED) is 0.658. The summed E-state index contributed by atoms with van der Waals surface area (Å²) in [7, 11) is -3.46. The minimum atomic E-state index is -3.46. The molecular formula is C22H25N2O4S+. The molecule has 0 amide bonds. The highest BCUT2D eigenvalue weighted by molar-refractivity contribution is 7.89. The fourth-order valence-corrected chi connectivity index (χ4v) is 5.36. The van der Waals surface area contributed by atoms with Crippen molar-refractivity contribution in [1.29, 1.82) is 0 Å². The molecule has 1 N–H and O–H groups in total. The third kappa shape index (κ3) is 3.85. The Hall–Kier alpha value is -2.48. The van der Waals surface area contributed by atoms with Crippen LogP contribution in [-0.2, 0) is 16.6 Å². The lowest BCUT2D eigenvalue weighted by Gasteiger charge is -2.31. The molecule has 0 radical (unpaired) electrons. The van der Waals surface area contributed by atoms with Crippen molar-refractivity contribution >= 4 is 21.0 Å². The molecule has 0 saturated carbocycles. The zero-order valence-electron chi connectivity index (χ0n) is 16.6. The van der Waals surface area contributed by atoms with Crippen molar-refractivity contribution < 1.29 is 17.7 Å². The van der Waals surface area contributed by atoms with Crippen LogP contribution in [0, 0.1) is 13.8 Å². The summed E-state index contributed by atoms with van der Waals surface area (Å²) < 4.78 is 32.6. The Labute approximate surface area is 170 Å². The molecule has 2 heterocycles. The number of hydrogen-bond donors (Lipinski definition) is 1. The number of rotatable bonds is 4. The number of nitrogens with one attached hydrogen (secondary N) is 1. The Morgan fingerprint density at radius 3 is 2.41 bits per heavy atom. The van der Waals surface area contributed by atoms with E-state index in [2.05, 4.69) is 0 Å². The molecule has 1 aromatic heterocycles. The number of piperazine rings is 1. The Bertz CT molecular complexity index is 1190. The first kappa shape index (κ1) is 19.8. The predicted octanol–water partition coefficient (Wildman–Crippen LogP) is 1.50. The summed E-state index contributed by atoms with van der Waals surface area (Å²) >= 11 is 0. The maximum absolute atomic E-state index is 12.8. The molecule has 6 nitrogen and oxygen atoms in total. The van der Waals surface area contributed by atoms with E-state index in [0.717, 1.165) is 22.1 Å². The maximum atomic E-state index is 12.8. The SMILES string of the molecule is Cc1ccc2c(C[NH+]3CCN(S(=O)(=O)c4ccccc4)CC3)cc(=O)oc2c1C.